The highest BCUT2D eigenvalue weighted by Crippen LogP contribution is 2.15. The molecule has 0 aliphatic rings. The molecule has 2 aromatic carbocycles. The van der Waals surface area contributed by atoms with Gasteiger partial charge in [-0.2, -0.15) is 0 Å². The molecule has 2 atom stereocenters. The fourth-order valence-corrected chi connectivity index (χ4v) is 2.68. The summed E-state index contributed by atoms with van der Waals surface area (Å²) in [4.78, 5) is 12.4. The molecule has 0 fully saturated rings. The minimum Gasteiger partial charge on any atom is -0.491 e. The number of halogens is 1. The predicted molar refractivity (Wildman–Crippen MR) is 104 cm³/mol. The van der Waals surface area contributed by atoms with Gasteiger partial charge in [-0.3, -0.25) is 4.79 Å². The van der Waals surface area contributed by atoms with E-state index in [2.05, 4.69) is 15.9 Å². The van der Waals surface area contributed by atoms with Crippen molar-refractivity contribution >= 4 is 21.7 Å². The number of aliphatic hydroxyl groups is 1. The third-order valence-electron chi connectivity index (χ3n) is 3.90. The van der Waals surface area contributed by atoms with E-state index >= 15 is 0 Å². The average molecular weight is 423 g/mol. The van der Waals surface area contributed by atoms with Crippen LogP contribution in [0.1, 0.15) is 17.3 Å². The molecule has 2 N–H and O–H groups in total. The summed E-state index contributed by atoms with van der Waals surface area (Å²) in [6.07, 6.45) is -0.574. The lowest BCUT2D eigenvalue weighted by Crippen LogP contribution is -3.10. The number of benzene rings is 2. The van der Waals surface area contributed by atoms with E-state index in [9.17, 15) is 9.90 Å². The topological polar surface area (TPSA) is 60.2 Å². The first kappa shape index (κ1) is 20.4. The van der Waals surface area contributed by atoms with Crippen LogP contribution in [0.3, 0.4) is 0 Å². The quantitative estimate of drug-likeness (QED) is 0.574. The Labute approximate surface area is 162 Å². The van der Waals surface area contributed by atoms with E-state index in [1.165, 1.54) is 6.92 Å². The van der Waals surface area contributed by atoms with Crippen molar-refractivity contribution in [1.82, 2.24) is 0 Å². The van der Waals surface area contributed by atoms with Crippen LogP contribution in [0.2, 0.25) is 0 Å². The zero-order valence-corrected chi connectivity index (χ0v) is 16.7. The van der Waals surface area contributed by atoms with E-state index in [1.807, 2.05) is 31.3 Å². The zero-order chi connectivity index (χ0) is 18.9. The lowest BCUT2D eigenvalue weighted by Gasteiger charge is -2.18. The van der Waals surface area contributed by atoms with Crippen LogP contribution < -0.4 is 14.4 Å². The van der Waals surface area contributed by atoms with Gasteiger partial charge in [0.1, 0.15) is 43.9 Å². The first-order valence-corrected chi connectivity index (χ1v) is 9.35. The maximum absolute atomic E-state index is 11.2. The van der Waals surface area contributed by atoms with Gasteiger partial charge in [0.05, 0.1) is 7.05 Å². The van der Waals surface area contributed by atoms with E-state index in [-0.39, 0.29) is 12.4 Å². The van der Waals surface area contributed by atoms with Crippen LogP contribution in [0.5, 0.6) is 11.5 Å². The monoisotopic (exact) mass is 422 g/mol. The van der Waals surface area contributed by atoms with Gasteiger partial charge in [0.25, 0.3) is 0 Å². The minimum atomic E-state index is -0.574. The molecule has 0 aliphatic heterocycles. The van der Waals surface area contributed by atoms with E-state index in [1.54, 1.807) is 24.3 Å². The Balaban J connectivity index is 1.65. The van der Waals surface area contributed by atoms with Crippen LogP contribution in [0.25, 0.3) is 0 Å². The smallest absolute Gasteiger partial charge is 0.159 e. The van der Waals surface area contributed by atoms with Gasteiger partial charge in [-0.25, -0.2) is 0 Å². The largest absolute Gasteiger partial charge is 0.491 e. The van der Waals surface area contributed by atoms with Gasteiger partial charge in [0.2, 0.25) is 0 Å². The molecule has 0 spiro atoms. The Morgan fingerprint density at radius 2 is 1.65 bits per heavy atom. The second-order valence-corrected chi connectivity index (χ2v) is 7.17. The maximum atomic E-state index is 11.2. The minimum absolute atomic E-state index is 0.0205. The molecule has 0 heterocycles. The molecule has 0 amide bonds. The van der Waals surface area contributed by atoms with Crippen LogP contribution in [0, 0.1) is 0 Å². The third-order valence-corrected chi connectivity index (χ3v) is 4.43. The number of rotatable bonds is 10. The van der Waals surface area contributed by atoms with Gasteiger partial charge in [-0.05, 0) is 55.5 Å². The van der Waals surface area contributed by atoms with Gasteiger partial charge >= 0.3 is 0 Å². The summed E-state index contributed by atoms with van der Waals surface area (Å²) >= 11 is 3.39. The molecular weight excluding hydrogens is 398 g/mol. The highest BCUT2D eigenvalue weighted by Gasteiger charge is 2.12. The van der Waals surface area contributed by atoms with Crippen LogP contribution in [-0.2, 0) is 0 Å². The number of ketones is 1. The molecule has 1 unspecified atom stereocenters. The standard InChI is InChI=1S/C20H24BrNO4/c1-15(23)16-3-7-20(8-4-16)26-14-18(24)13-22(2)11-12-25-19-9-5-17(21)6-10-19/h3-10,18,24H,11-14H2,1-2H3/p+1/t18-/m1/s1. The van der Waals surface area contributed by atoms with Crippen LogP contribution in [-0.4, -0.2) is 50.3 Å². The number of hydrogen-bond acceptors (Lipinski definition) is 4. The molecule has 0 saturated carbocycles. The number of nitrogens with one attached hydrogen (secondary N) is 1. The second kappa shape index (κ2) is 10.3. The van der Waals surface area contributed by atoms with E-state index in [0.717, 1.165) is 21.7 Å². The van der Waals surface area contributed by atoms with Gasteiger partial charge in [-0.15, -0.1) is 0 Å². The van der Waals surface area contributed by atoms with Gasteiger partial charge in [-0.1, -0.05) is 15.9 Å². The fourth-order valence-electron chi connectivity index (χ4n) is 2.42. The second-order valence-electron chi connectivity index (χ2n) is 6.26. The number of quaternary nitrogens is 1. The molecule has 26 heavy (non-hydrogen) atoms. The Kier molecular flexibility index (Phi) is 8.09. The molecule has 2 aromatic rings. The van der Waals surface area contributed by atoms with Crippen molar-refractivity contribution in [3.05, 3.63) is 58.6 Å². The first-order chi connectivity index (χ1) is 12.4. The van der Waals surface area contributed by atoms with Crippen molar-refractivity contribution in [1.29, 1.82) is 0 Å². The number of likely N-dealkylation sites (N-methyl/N-ethyl adjacent to an activating group) is 1. The Morgan fingerprint density at radius 1 is 1.08 bits per heavy atom. The van der Waals surface area contributed by atoms with Crippen molar-refractivity contribution in [3.63, 3.8) is 0 Å². The summed E-state index contributed by atoms with van der Waals surface area (Å²) in [6.45, 7) is 3.66. The lowest BCUT2D eigenvalue weighted by molar-refractivity contribution is -0.883. The fraction of sp³-hybridized carbons (Fsp3) is 0.350. The molecule has 5 nitrogen and oxygen atoms in total. The summed E-state index contributed by atoms with van der Waals surface area (Å²) in [5.41, 5.74) is 0.646. The van der Waals surface area contributed by atoms with E-state index in [4.69, 9.17) is 9.47 Å². The van der Waals surface area contributed by atoms with Crippen molar-refractivity contribution in [2.24, 2.45) is 0 Å². The highest BCUT2D eigenvalue weighted by atomic mass is 79.9. The predicted octanol–water partition coefficient (Wildman–Crippen LogP) is 1.99. The van der Waals surface area contributed by atoms with E-state index < -0.39 is 6.10 Å². The van der Waals surface area contributed by atoms with Crippen molar-refractivity contribution in [2.75, 3.05) is 33.4 Å². The summed E-state index contributed by atoms with van der Waals surface area (Å²) in [5, 5.41) is 10.1. The summed E-state index contributed by atoms with van der Waals surface area (Å²) in [7, 11) is 2.01. The van der Waals surface area contributed by atoms with Crippen LogP contribution >= 0.6 is 15.9 Å². The number of carbonyl (C=O) groups excluding carboxylic acids is 1. The summed E-state index contributed by atoms with van der Waals surface area (Å²) < 4.78 is 12.3. The lowest BCUT2D eigenvalue weighted by atomic mass is 10.1. The van der Waals surface area contributed by atoms with Gasteiger partial charge in [0, 0.05) is 10.0 Å². The maximum Gasteiger partial charge on any atom is 0.159 e. The van der Waals surface area contributed by atoms with Gasteiger partial charge in [0.15, 0.2) is 5.78 Å². The van der Waals surface area contributed by atoms with Gasteiger partial charge < -0.3 is 19.5 Å². The highest BCUT2D eigenvalue weighted by molar-refractivity contribution is 9.10. The molecule has 0 aliphatic carbocycles. The summed E-state index contributed by atoms with van der Waals surface area (Å²) in [6, 6.07) is 14.6. The molecular formula is C20H25BrNO4+. The molecule has 0 radical (unpaired) electrons. The molecule has 6 heteroatoms. The van der Waals surface area contributed by atoms with Crippen LogP contribution in [0.15, 0.2) is 53.0 Å². The summed E-state index contributed by atoms with van der Waals surface area (Å²) in [5.74, 6) is 1.50. The van der Waals surface area contributed by atoms with Crippen molar-refractivity contribution in [3.8, 4) is 11.5 Å². The number of carbonyl (C=O) groups is 1. The molecule has 0 saturated heterocycles. The van der Waals surface area contributed by atoms with E-state index in [0.29, 0.717) is 24.5 Å². The number of hydrogen-bond donors (Lipinski definition) is 2. The SMILES string of the molecule is CC(=O)c1ccc(OC[C@H](O)C[NH+](C)CCOc2ccc(Br)cc2)cc1. The number of aliphatic hydroxyl groups excluding tert-OH is 1. The molecule has 0 aromatic heterocycles. The number of ether oxygens (including phenoxy) is 2. The Bertz CT molecular complexity index is 688. The normalized spacial score (nSPS) is 13.1. The Hall–Kier alpha value is -1.89. The zero-order valence-electron chi connectivity index (χ0n) is 15.1. The van der Waals surface area contributed by atoms with Crippen molar-refractivity contribution < 1.29 is 24.3 Å². The molecule has 0 bridgehead atoms. The van der Waals surface area contributed by atoms with Crippen molar-refractivity contribution in [2.45, 2.75) is 13.0 Å². The van der Waals surface area contributed by atoms with Crippen LogP contribution in [0.4, 0.5) is 0 Å². The Morgan fingerprint density at radius 3 is 2.27 bits per heavy atom. The molecule has 140 valence electrons. The third kappa shape index (κ3) is 7.15. The molecule has 2 rings (SSSR count). The average Bonchev–Trinajstić information content (AvgIpc) is 2.62. The number of Topliss-reactive ketones (excluding diaryl/α,β-unsaturated/α-hetero) is 1. The first-order valence-electron chi connectivity index (χ1n) is 8.55.